The van der Waals surface area contributed by atoms with E-state index in [1.54, 1.807) is 12.2 Å². The van der Waals surface area contributed by atoms with Crippen molar-refractivity contribution in [3.05, 3.63) is 24.3 Å². The Kier molecular flexibility index (Phi) is 2.80. The van der Waals surface area contributed by atoms with Gasteiger partial charge in [0.05, 0.1) is 0 Å². The molecule has 0 unspecified atom stereocenters. The molecule has 0 saturated heterocycles. The zero-order chi connectivity index (χ0) is 9.19. The standard InChI is InChI=1S/C8H8BrFO2/c9-7(10)6(11)8(12)4-2-1-3-5-8/h1-4,7,12H,5H2/t7-,8+/m1/s1. The van der Waals surface area contributed by atoms with Crippen LogP contribution in [0.25, 0.3) is 0 Å². The second kappa shape index (κ2) is 3.49. The Balaban J connectivity index is 2.79. The van der Waals surface area contributed by atoms with Crippen LogP contribution < -0.4 is 0 Å². The Bertz CT molecular complexity index is 247. The highest BCUT2D eigenvalue weighted by Crippen LogP contribution is 2.23. The van der Waals surface area contributed by atoms with E-state index in [0.29, 0.717) is 0 Å². The topological polar surface area (TPSA) is 37.3 Å². The summed E-state index contributed by atoms with van der Waals surface area (Å²) in [6, 6.07) is 0. The number of carbonyl (C=O) groups is 1. The lowest BCUT2D eigenvalue weighted by Gasteiger charge is -2.23. The second-order valence-corrected chi connectivity index (χ2v) is 3.38. The summed E-state index contributed by atoms with van der Waals surface area (Å²) in [5, 5.41) is 7.75. The maximum Gasteiger partial charge on any atom is 0.216 e. The Morgan fingerprint density at radius 1 is 1.67 bits per heavy atom. The minimum absolute atomic E-state index is 0.133. The molecule has 0 saturated carbocycles. The lowest BCUT2D eigenvalue weighted by atomic mass is 9.91. The van der Waals surface area contributed by atoms with Gasteiger partial charge < -0.3 is 5.11 Å². The summed E-state index contributed by atoms with van der Waals surface area (Å²) >= 11 is 2.48. The van der Waals surface area contributed by atoms with Crippen molar-refractivity contribution in [3.63, 3.8) is 0 Å². The van der Waals surface area contributed by atoms with Gasteiger partial charge in [-0.1, -0.05) is 18.2 Å². The molecule has 2 atom stereocenters. The summed E-state index contributed by atoms with van der Waals surface area (Å²) in [5.41, 5.74) is -1.67. The average Bonchev–Trinajstić information content (AvgIpc) is 2.04. The molecule has 0 amide bonds. The molecule has 0 spiro atoms. The van der Waals surface area contributed by atoms with Crippen LogP contribution in [0.4, 0.5) is 4.39 Å². The van der Waals surface area contributed by atoms with Crippen LogP contribution in [0.15, 0.2) is 24.3 Å². The van der Waals surface area contributed by atoms with Crippen molar-refractivity contribution in [1.29, 1.82) is 0 Å². The maximum atomic E-state index is 12.5. The molecule has 4 heteroatoms. The van der Waals surface area contributed by atoms with Crippen molar-refractivity contribution in [2.75, 3.05) is 0 Å². The highest BCUT2D eigenvalue weighted by molar-refractivity contribution is 9.09. The van der Waals surface area contributed by atoms with Gasteiger partial charge in [0.2, 0.25) is 10.9 Å². The highest BCUT2D eigenvalue weighted by atomic mass is 79.9. The predicted octanol–water partition coefficient (Wildman–Crippen LogP) is 1.49. The molecule has 0 bridgehead atoms. The number of hydrogen-bond acceptors (Lipinski definition) is 2. The van der Waals surface area contributed by atoms with Crippen molar-refractivity contribution >= 4 is 21.7 Å². The SMILES string of the molecule is O=C([C@@H](F)Br)[C@]1(O)C=CC=CC1. The van der Waals surface area contributed by atoms with Gasteiger partial charge in [-0.15, -0.1) is 0 Å². The monoisotopic (exact) mass is 234 g/mol. The van der Waals surface area contributed by atoms with E-state index in [1.165, 1.54) is 12.2 Å². The van der Waals surface area contributed by atoms with Crippen LogP contribution in [0.5, 0.6) is 0 Å². The molecular formula is C8H8BrFO2. The molecule has 0 aromatic heterocycles. The quantitative estimate of drug-likeness (QED) is 0.736. The fraction of sp³-hybridized carbons (Fsp3) is 0.375. The van der Waals surface area contributed by atoms with E-state index >= 15 is 0 Å². The van der Waals surface area contributed by atoms with Crippen LogP contribution in [0.1, 0.15) is 6.42 Å². The van der Waals surface area contributed by atoms with Gasteiger partial charge in [0.25, 0.3) is 0 Å². The first-order chi connectivity index (χ1) is 5.56. The Hall–Kier alpha value is -0.480. The predicted molar refractivity (Wildman–Crippen MR) is 46.7 cm³/mol. The van der Waals surface area contributed by atoms with Crippen molar-refractivity contribution in [3.8, 4) is 0 Å². The largest absolute Gasteiger partial charge is 0.377 e. The smallest absolute Gasteiger partial charge is 0.216 e. The first-order valence-electron chi connectivity index (χ1n) is 3.45. The fourth-order valence-electron chi connectivity index (χ4n) is 0.981. The molecular weight excluding hydrogens is 227 g/mol. The zero-order valence-corrected chi connectivity index (χ0v) is 7.79. The van der Waals surface area contributed by atoms with E-state index in [0.717, 1.165) is 0 Å². The number of carbonyl (C=O) groups excluding carboxylic acids is 1. The molecule has 0 aromatic rings. The summed E-state index contributed by atoms with van der Waals surface area (Å²) in [7, 11) is 0. The van der Waals surface area contributed by atoms with E-state index in [4.69, 9.17) is 0 Å². The van der Waals surface area contributed by atoms with Gasteiger partial charge in [-0.05, 0) is 22.0 Å². The van der Waals surface area contributed by atoms with Crippen molar-refractivity contribution in [1.82, 2.24) is 0 Å². The van der Waals surface area contributed by atoms with Gasteiger partial charge in [0, 0.05) is 6.42 Å². The number of allylic oxidation sites excluding steroid dienone is 2. The highest BCUT2D eigenvalue weighted by Gasteiger charge is 2.36. The average molecular weight is 235 g/mol. The second-order valence-electron chi connectivity index (χ2n) is 2.58. The number of aliphatic hydroxyl groups is 1. The van der Waals surface area contributed by atoms with E-state index in [9.17, 15) is 14.3 Å². The molecule has 0 fully saturated rings. The Labute approximate surface area is 77.9 Å². The van der Waals surface area contributed by atoms with E-state index in [2.05, 4.69) is 15.9 Å². The van der Waals surface area contributed by atoms with Gasteiger partial charge >= 0.3 is 0 Å². The van der Waals surface area contributed by atoms with E-state index in [-0.39, 0.29) is 6.42 Å². The number of Topliss-reactive ketones (excluding diaryl/α,β-unsaturated/α-hetero) is 1. The van der Waals surface area contributed by atoms with Crippen LogP contribution in [-0.2, 0) is 4.79 Å². The van der Waals surface area contributed by atoms with E-state index < -0.39 is 16.5 Å². The Morgan fingerprint density at radius 2 is 2.33 bits per heavy atom. The van der Waals surface area contributed by atoms with Gasteiger partial charge in [-0.2, -0.15) is 0 Å². The van der Waals surface area contributed by atoms with Gasteiger partial charge in [-0.3, -0.25) is 4.79 Å². The van der Waals surface area contributed by atoms with Crippen LogP contribution in [0, 0.1) is 0 Å². The summed E-state index contributed by atoms with van der Waals surface area (Å²) < 4.78 is 12.5. The van der Waals surface area contributed by atoms with Gasteiger partial charge in [0.1, 0.15) is 5.60 Å². The summed E-state index contributed by atoms with van der Waals surface area (Å²) in [5.74, 6) is -0.858. The molecule has 1 rings (SSSR count). The lowest BCUT2D eigenvalue weighted by molar-refractivity contribution is -0.134. The molecule has 0 heterocycles. The van der Waals surface area contributed by atoms with Crippen LogP contribution in [0.3, 0.4) is 0 Å². The summed E-state index contributed by atoms with van der Waals surface area (Å²) in [4.78, 5) is 11.1. The number of alkyl halides is 2. The van der Waals surface area contributed by atoms with Gasteiger partial charge in [-0.25, -0.2) is 4.39 Å². The number of hydrogen-bond donors (Lipinski definition) is 1. The first kappa shape index (κ1) is 9.61. The number of rotatable bonds is 2. The minimum atomic E-state index is -1.81. The van der Waals surface area contributed by atoms with Crippen molar-refractivity contribution < 1.29 is 14.3 Å². The minimum Gasteiger partial charge on any atom is -0.377 e. The Morgan fingerprint density at radius 3 is 2.75 bits per heavy atom. The molecule has 2 nitrogen and oxygen atoms in total. The van der Waals surface area contributed by atoms with Crippen LogP contribution in [-0.4, -0.2) is 21.6 Å². The third kappa shape index (κ3) is 1.81. The summed E-state index contributed by atoms with van der Waals surface area (Å²) in [6.07, 6.45) is 6.27. The molecule has 12 heavy (non-hydrogen) atoms. The molecule has 1 N–H and O–H groups in total. The fourth-order valence-corrected chi connectivity index (χ4v) is 1.38. The van der Waals surface area contributed by atoms with Crippen LogP contribution in [0.2, 0.25) is 0 Å². The summed E-state index contributed by atoms with van der Waals surface area (Å²) in [6.45, 7) is 0. The molecule has 1 aliphatic carbocycles. The molecule has 0 aromatic carbocycles. The molecule has 66 valence electrons. The normalized spacial score (nSPS) is 30.2. The molecule has 1 aliphatic rings. The van der Waals surface area contributed by atoms with Crippen molar-refractivity contribution in [2.24, 2.45) is 0 Å². The van der Waals surface area contributed by atoms with Gasteiger partial charge in [0.15, 0.2) is 0 Å². The third-order valence-corrected chi connectivity index (χ3v) is 2.09. The van der Waals surface area contributed by atoms with E-state index in [1.807, 2.05) is 0 Å². The third-order valence-electron chi connectivity index (χ3n) is 1.67. The van der Waals surface area contributed by atoms with Crippen LogP contribution >= 0.6 is 15.9 Å². The lowest BCUT2D eigenvalue weighted by Crippen LogP contribution is -2.40. The molecule has 0 radical (unpaired) electrons. The zero-order valence-electron chi connectivity index (χ0n) is 6.21. The number of ketones is 1. The van der Waals surface area contributed by atoms with Crippen molar-refractivity contribution in [2.45, 2.75) is 17.1 Å². The first-order valence-corrected chi connectivity index (χ1v) is 4.37. The maximum absolute atomic E-state index is 12.5. The number of halogens is 2. The molecule has 0 aliphatic heterocycles.